The van der Waals surface area contributed by atoms with Crippen molar-refractivity contribution in [1.29, 1.82) is 0 Å². The van der Waals surface area contributed by atoms with Crippen molar-refractivity contribution in [2.45, 2.75) is 76.4 Å². The van der Waals surface area contributed by atoms with Crippen molar-refractivity contribution in [3.05, 3.63) is 77.4 Å². The van der Waals surface area contributed by atoms with Gasteiger partial charge in [-0.2, -0.15) is 13.2 Å². The van der Waals surface area contributed by atoms with E-state index in [1.165, 1.54) is 39.2 Å². The fraction of sp³-hybridized carbons (Fsp3) is 0.486. The second-order valence-corrected chi connectivity index (χ2v) is 12.1. The fourth-order valence-electron chi connectivity index (χ4n) is 6.44. The summed E-state index contributed by atoms with van der Waals surface area (Å²) in [6.07, 6.45) is 9.93. The van der Waals surface area contributed by atoms with Crippen LogP contribution < -0.4 is 21.6 Å². The van der Waals surface area contributed by atoms with Crippen LogP contribution in [-0.2, 0) is 25.5 Å². The first-order valence-electron chi connectivity index (χ1n) is 15.8. The van der Waals surface area contributed by atoms with E-state index in [1.807, 2.05) is 66.7 Å². The molecule has 11 heteroatoms. The Labute approximate surface area is 268 Å². The summed E-state index contributed by atoms with van der Waals surface area (Å²) in [6.45, 7) is 0. The number of amides is 1. The number of carboxylic acid groups (broad SMARTS) is 1. The lowest BCUT2D eigenvalue weighted by Gasteiger charge is -2.36. The van der Waals surface area contributed by atoms with Gasteiger partial charge in [0.2, 0.25) is 5.91 Å². The molecule has 2 aliphatic rings. The Bertz CT molecular complexity index is 1330. The molecule has 0 radical (unpaired) electrons. The summed E-state index contributed by atoms with van der Waals surface area (Å²) in [4.78, 5) is 35.5. The van der Waals surface area contributed by atoms with E-state index in [4.69, 9.17) is 25.8 Å². The number of hydrogen-bond acceptors (Lipinski definition) is 5. The number of ether oxygens (including phenoxy) is 1. The molecular weight excluding hydrogens is 599 g/mol. The van der Waals surface area contributed by atoms with Gasteiger partial charge in [-0.1, -0.05) is 86.7 Å². The van der Waals surface area contributed by atoms with Crippen LogP contribution in [0.25, 0.3) is 6.08 Å². The van der Waals surface area contributed by atoms with Crippen molar-refractivity contribution in [3.63, 3.8) is 0 Å². The summed E-state index contributed by atoms with van der Waals surface area (Å²) in [5, 5.41) is 17.8. The third kappa shape index (κ3) is 11.3. The highest BCUT2D eigenvalue weighted by molar-refractivity contribution is 5.92. The minimum Gasteiger partial charge on any atom is -0.542 e. The van der Waals surface area contributed by atoms with Crippen molar-refractivity contribution in [2.75, 3.05) is 7.11 Å². The molecule has 0 heterocycles. The van der Waals surface area contributed by atoms with Gasteiger partial charge in [-0.05, 0) is 67.2 Å². The van der Waals surface area contributed by atoms with Gasteiger partial charge >= 0.3 is 12.1 Å². The number of esters is 1. The van der Waals surface area contributed by atoms with Crippen LogP contribution >= 0.6 is 0 Å². The quantitative estimate of drug-likeness (QED) is 0.206. The maximum Gasteiger partial charge on any atom is 0.430 e. The lowest BCUT2D eigenvalue weighted by atomic mass is 9.71. The Morgan fingerprint density at radius 2 is 1.59 bits per heavy atom. The SMILES string of the molecule is COC(=O)[C@H](Cc1cccc(C(N)=[NH2+])c1)[C@@H](/C=C/c1ccccc1)NC(=O)C1CCC(C2CCCCC2)CC1.O=C([O-])C(F)(F)F. The van der Waals surface area contributed by atoms with Crippen molar-refractivity contribution in [3.8, 4) is 0 Å². The number of nitrogens with one attached hydrogen (secondary N) is 1. The van der Waals surface area contributed by atoms with E-state index in [1.54, 1.807) is 0 Å². The number of hydrogen-bond donors (Lipinski definition) is 3. The van der Waals surface area contributed by atoms with E-state index < -0.39 is 24.1 Å². The first-order valence-corrected chi connectivity index (χ1v) is 15.8. The third-order valence-electron chi connectivity index (χ3n) is 8.95. The Morgan fingerprint density at radius 1 is 0.978 bits per heavy atom. The van der Waals surface area contributed by atoms with Crippen molar-refractivity contribution in [1.82, 2.24) is 5.32 Å². The zero-order chi connectivity index (χ0) is 33.7. The molecule has 0 aliphatic heterocycles. The largest absolute Gasteiger partial charge is 0.542 e. The van der Waals surface area contributed by atoms with Crippen LogP contribution in [0, 0.1) is 23.7 Å². The molecule has 0 aromatic heterocycles. The van der Waals surface area contributed by atoms with Crippen LogP contribution in [0.1, 0.15) is 74.5 Å². The van der Waals surface area contributed by atoms with E-state index in [2.05, 4.69) is 5.32 Å². The van der Waals surface area contributed by atoms with E-state index >= 15 is 0 Å². The normalized spacial score (nSPS) is 20.1. The summed E-state index contributed by atoms with van der Waals surface area (Å²) >= 11 is 0. The Morgan fingerprint density at radius 3 is 2.15 bits per heavy atom. The number of carbonyl (C=O) groups excluding carboxylic acids is 3. The molecule has 0 unspecified atom stereocenters. The van der Waals surface area contributed by atoms with Crippen LogP contribution in [0.2, 0.25) is 0 Å². The van der Waals surface area contributed by atoms with Gasteiger partial charge in [0.05, 0.1) is 24.6 Å². The van der Waals surface area contributed by atoms with Crippen molar-refractivity contribution in [2.24, 2.45) is 29.4 Å². The number of nitrogens with two attached hydrogens (primary N) is 2. The number of methoxy groups -OCH3 is 1. The summed E-state index contributed by atoms with van der Waals surface area (Å²) in [6, 6.07) is 16.9. The number of amidine groups is 1. The molecule has 0 spiro atoms. The number of alkyl halides is 3. The van der Waals surface area contributed by atoms with Gasteiger partial charge in [0.15, 0.2) is 0 Å². The number of rotatable bonds is 10. The lowest BCUT2D eigenvalue weighted by Crippen LogP contribution is -2.47. The molecule has 2 aliphatic carbocycles. The van der Waals surface area contributed by atoms with Crippen LogP contribution in [0.4, 0.5) is 13.2 Å². The number of carboxylic acids is 1. The summed E-state index contributed by atoms with van der Waals surface area (Å²) < 4.78 is 36.8. The maximum atomic E-state index is 13.6. The second kappa shape index (κ2) is 17.5. The van der Waals surface area contributed by atoms with Gasteiger partial charge in [-0.3, -0.25) is 20.7 Å². The highest BCUT2D eigenvalue weighted by Gasteiger charge is 2.35. The van der Waals surface area contributed by atoms with Gasteiger partial charge in [0.1, 0.15) is 5.97 Å². The molecule has 2 aromatic carbocycles. The first-order chi connectivity index (χ1) is 21.9. The molecule has 0 saturated heterocycles. The molecular formula is C35H44F3N3O5. The Hall–Kier alpha value is -4.15. The Kier molecular flexibility index (Phi) is 13.8. The van der Waals surface area contributed by atoms with Crippen molar-refractivity contribution < 1.29 is 42.8 Å². The molecule has 1 amide bonds. The molecule has 5 N–H and O–H groups in total. The first kappa shape index (κ1) is 36.3. The van der Waals surface area contributed by atoms with Crippen molar-refractivity contribution >= 4 is 29.8 Å². The fourth-order valence-corrected chi connectivity index (χ4v) is 6.44. The van der Waals surface area contributed by atoms with Crippen LogP contribution in [-0.4, -0.2) is 43.0 Å². The maximum absolute atomic E-state index is 13.6. The number of aliphatic carboxylic acids is 1. The summed E-state index contributed by atoms with van der Waals surface area (Å²) in [5.74, 6) is -2.15. The van der Waals surface area contributed by atoms with Crippen LogP contribution in [0.5, 0.6) is 0 Å². The molecule has 46 heavy (non-hydrogen) atoms. The monoisotopic (exact) mass is 643 g/mol. The minimum absolute atomic E-state index is 0.0225. The van der Waals surface area contributed by atoms with E-state index in [0.29, 0.717) is 12.0 Å². The zero-order valence-electron chi connectivity index (χ0n) is 26.1. The molecule has 4 rings (SSSR count). The predicted molar refractivity (Wildman–Crippen MR) is 166 cm³/mol. The smallest absolute Gasteiger partial charge is 0.430 e. The molecule has 0 bridgehead atoms. The summed E-state index contributed by atoms with van der Waals surface area (Å²) in [7, 11) is 1.39. The topological polar surface area (TPSA) is 147 Å². The van der Waals surface area contributed by atoms with E-state index in [9.17, 15) is 22.8 Å². The van der Waals surface area contributed by atoms with E-state index in [0.717, 1.165) is 48.6 Å². The van der Waals surface area contributed by atoms with Gasteiger partial charge in [-0.25, -0.2) is 0 Å². The number of benzene rings is 2. The van der Waals surface area contributed by atoms with Crippen LogP contribution in [0.15, 0.2) is 60.7 Å². The molecule has 2 atom stereocenters. The average molecular weight is 644 g/mol. The average Bonchev–Trinajstić information content (AvgIpc) is 3.06. The molecule has 2 fully saturated rings. The number of carbonyl (C=O) groups is 3. The number of halogens is 3. The lowest BCUT2D eigenvalue weighted by molar-refractivity contribution is -0.344. The third-order valence-corrected chi connectivity index (χ3v) is 8.95. The predicted octanol–water partition coefficient (Wildman–Crippen LogP) is 3.37. The molecule has 2 saturated carbocycles. The van der Waals surface area contributed by atoms with Gasteiger partial charge in [0, 0.05) is 5.92 Å². The minimum atomic E-state index is -5.19. The standard InChI is InChI=1S/C33H43N3O3.C2HF3O2/c1-39-33(38)29(22-24-11-8-14-28(21-24)31(34)35)30(20-15-23-9-4-2-5-10-23)36-32(37)27-18-16-26(17-19-27)25-12-6-3-7-13-25;3-2(4,5)1(6)7/h2,4-5,8-11,14-15,20-21,25-27,29-30H,3,6-7,12-13,16-19,22H2,1H3,(H3,34,35)(H,36,37);(H,6,7)/b20-15+;/t26?,27?,29-,30-;/m1./s1. The van der Waals surface area contributed by atoms with Gasteiger partial charge in [0.25, 0.3) is 5.84 Å². The second-order valence-electron chi connectivity index (χ2n) is 12.1. The summed E-state index contributed by atoms with van der Waals surface area (Å²) in [5.41, 5.74) is 8.43. The molecule has 250 valence electrons. The van der Waals surface area contributed by atoms with Gasteiger partial charge < -0.3 is 20.0 Å². The highest BCUT2D eigenvalue weighted by Crippen LogP contribution is 2.40. The van der Waals surface area contributed by atoms with E-state index in [-0.39, 0.29) is 23.6 Å². The van der Waals surface area contributed by atoms with Crippen LogP contribution in [0.3, 0.4) is 0 Å². The Balaban J connectivity index is 0.000000738. The molecule has 8 nitrogen and oxygen atoms in total. The zero-order valence-corrected chi connectivity index (χ0v) is 26.1. The van der Waals surface area contributed by atoms with Gasteiger partial charge in [-0.15, -0.1) is 0 Å². The molecule has 2 aromatic rings. The highest BCUT2D eigenvalue weighted by atomic mass is 19.4.